The second-order valence-corrected chi connectivity index (χ2v) is 15.3. The fourth-order valence-electron chi connectivity index (χ4n) is 8.78. The third kappa shape index (κ3) is 7.90. The molecule has 0 spiro atoms. The van der Waals surface area contributed by atoms with E-state index >= 15 is 0 Å². The largest absolute Gasteiger partial charge is 0.115 e. The number of aryl methyl sites for hydroxylation is 1. The lowest BCUT2D eigenvalue weighted by Gasteiger charge is -2.36. The van der Waals surface area contributed by atoms with Gasteiger partial charge in [0.15, 0.2) is 0 Å². The fourth-order valence-corrected chi connectivity index (χ4v) is 8.78. The monoisotopic (exact) mass is 664 g/mol. The number of hydrogen-bond donors (Lipinski definition) is 0. The molecule has 3 aliphatic rings. The van der Waals surface area contributed by atoms with Crippen molar-refractivity contribution >= 4 is 22.8 Å². The van der Waals surface area contributed by atoms with Gasteiger partial charge < -0.3 is 0 Å². The summed E-state index contributed by atoms with van der Waals surface area (Å²) in [5.41, 5.74) is 17.0. The van der Waals surface area contributed by atoms with Crippen LogP contribution in [-0.2, 0) is 19.3 Å². The molecule has 7 rings (SSSR count). The summed E-state index contributed by atoms with van der Waals surface area (Å²) in [5.74, 6) is 5.20. The summed E-state index contributed by atoms with van der Waals surface area (Å²) in [6, 6.07) is 34.0. The van der Waals surface area contributed by atoms with E-state index in [2.05, 4.69) is 142 Å². The third-order valence-electron chi connectivity index (χ3n) is 11.8. The minimum atomic E-state index is 0.392. The highest BCUT2D eigenvalue weighted by molar-refractivity contribution is 5.91. The van der Waals surface area contributed by atoms with Gasteiger partial charge >= 0.3 is 0 Å². The van der Waals surface area contributed by atoms with Gasteiger partial charge in [0.25, 0.3) is 0 Å². The number of hydrogen-bond acceptors (Lipinski definition) is 0. The maximum atomic E-state index is 6.05. The van der Waals surface area contributed by atoms with Crippen LogP contribution in [0.3, 0.4) is 0 Å². The molecule has 0 saturated heterocycles. The van der Waals surface area contributed by atoms with Gasteiger partial charge in [0.1, 0.15) is 0 Å². The zero-order valence-electron chi connectivity index (χ0n) is 30.6. The average molecular weight is 665 g/mol. The van der Waals surface area contributed by atoms with Crippen molar-refractivity contribution in [3.05, 3.63) is 178 Å². The van der Waals surface area contributed by atoms with Gasteiger partial charge in [-0.1, -0.05) is 148 Å². The first-order chi connectivity index (χ1) is 24.9. The second-order valence-electron chi connectivity index (χ2n) is 15.3. The van der Waals surface area contributed by atoms with Gasteiger partial charge in [-0.25, -0.2) is 0 Å². The van der Waals surface area contributed by atoms with E-state index in [9.17, 15) is 0 Å². The molecule has 0 N–H and O–H groups in total. The Bertz CT molecular complexity index is 2030. The van der Waals surface area contributed by atoms with Crippen LogP contribution in [0.15, 0.2) is 128 Å². The Kier molecular flexibility index (Phi) is 10.6. The van der Waals surface area contributed by atoms with Crippen LogP contribution in [0.2, 0.25) is 0 Å². The molecule has 0 nitrogen and oxygen atoms in total. The molecule has 1 saturated carbocycles. The molecule has 256 valence electrons. The number of terminal acetylenes is 1. The summed E-state index contributed by atoms with van der Waals surface area (Å²) in [4.78, 5) is 0. The minimum absolute atomic E-state index is 0.392. The van der Waals surface area contributed by atoms with Crippen LogP contribution in [0.5, 0.6) is 0 Å². The molecule has 0 radical (unpaired) electrons. The Labute approximate surface area is 307 Å². The van der Waals surface area contributed by atoms with Gasteiger partial charge in [-0.3, -0.25) is 0 Å². The SMILES string of the molecule is C#Cc1ccc(CC2CCC(C(C(=C)CCc3ccccc3)c3ccc(C4=CC(C)C=C4)cc3)CC2)cc1C1=Cc2ccc(C(=C)CC)cc2C1. The highest BCUT2D eigenvalue weighted by atomic mass is 14.4. The standard InChI is InChI=1S/C51H52/c1-6-36(4)45-27-28-47-33-49(34-48(47)32-45)50-31-40(18-20-41(50)7-2)30-39-16-21-43(22-17-39)51(37(5)14-15-38-11-9-8-10-12-38)44-25-23-42(24-26-44)46-19-13-35(3)29-46/h2,8-13,18-20,23-29,31-33,35,39,43,51H,4-6,14-17,21-22,30,34H2,1,3H3. The van der Waals surface area contributed by atoms with Crippen LogP contribution in [0, 0.1) is 30.1 Å². The number of fused-ring (bicyclic) bond motifs is 1. The van der Waals surface area contributed by atoms with Crippen molar-refractivity contribution in [3.8, 4) is 12.3 Å². The van der Waals surface area contributed by atoms with Crippen LogP contribution >= 0.6 is 0 Å². The van der Waals surface area contributed by atoms with Gasteiger partial charge in [0.2, 0.25) is 0 Å². The number of allylic oxidation sites excluding steroid dienone is 7. The van der Waals surface area contributed by atoms with Crippen molar-refractivity contribution in [1.29, 1.82) is 0 Å². The van der Waals surface area contributed by atoms with Crippen molar-refractivity contribution in [3.63, 3.8) is 0 Å². The Morgan fingerprint density at radius 3 is 2.37 bits per heavy atom. The first-order valence-corrected chi connectivity index (χ1v) is 19.2. The van der Waals surface area contributed by atoms with Gasteiger partial charge in [0.05, 0.1) is 0 Å². The van der Waals surface area contributed by atoms with Gasteiger partial charge in [-0.05, 0) is 143 Å². The molecule has 4 aromatic rings. The Balaban J connectivity index is 1.04. The molecule has 4 aromatic carbocycles. The Hall–Kier alpha value is -4.86. The summed E-state index contributed by atoms with van der Waals surface area (Å²) >= 11 is 0. The molecule has 0 heteroatoms. The van der Waals surface area contributed by atoms with Crippen molar-refractivity contribution < 1.29 is 0 Å². The van der Waals surface area contributed by atoms with Crippen molar-refractivity contribution in [2.24, 2.45) is 17.8 Å². The number of benzene rings is 4. The summed E-state index contributed by atoms with van der Waals surface area (Å²) < 4.78 is 0. The third-order valence-corrected chi connectivity index (χ3v) is 11.8. The van der Waals surface area contributed by atoms with Crippen molar-refractivity contribution in [2.75, 3.05) is 0 Å². The molecule has 0 bridgehead atoms. The molecule has 0 heterocycles. The van der Waals surface area contributed by atoms with Crippen molar-refractivity contribution in [1.82, 2.24) is 0 Å². The molecule has 1 fully saturated rings. The second kappa shape index (κ2) is 15.6. The highest BCUT2D eigenvalue weighted by Gasteiger charge is 2.31. The lowest BCUT2D eigenvalue weighted by atomic mass is 9.69. The van der Waals surface area contributed by atoms with Gasteiger partial charge in [-0.15, -0.1) is 6.42 Å². The summed E-state index contributed by atoms with van der Waals surface area (Å²) in [6.45, 7) is 13.5. The van der Waals surface area contributed by atoms with Crippen LogP contribution in [0.1, 0.15) is 108 Å². The average Bonchev–Trinajstić information content (AvgIpc) is 3.81. The molecule has 2 atom stereocenters. The molecule has 0 amide bonds. The predicted molar refractivity (Wildman–Crippen MR) is 220 cm³/mol. The Morgan fingerprint density at radius 1 is 0.882 bits per heavy atom. The molecule has 51 heavy (non-hydrogen) atoms. The minimum Gasteiger partial charge on any atom is -0.115 e. The quantitative estimate of drug-likeness (QED) is 0.104. The first-order valence-electron chi connectivity index (χ1n) is 19.2. The van der Waals surface area contributed by atoms with E-state index < -0.39 is 0 Å². The summed E-state index contributed by atoms with van der Waals surface area (Å²) in [5, 5.41) is 0. The van der Waals surface area contributed by atoms with E-state index in [1.54, 1.807) is 0 Å². The summed E-state index contributed by atoms with van der Waals surface area (Å²) in [6.07, 6.45) is 25.4. The normalized spacial score (nSPS) is 19.9. The summed E-state index contributed by atoms with van der Waals surface area (Å²) in [7, 11) is 0. The fraction of sp³-hybridized carbons (Fsp3) is 0.294. The topological polar surface area (TPSA) is 0 Å². The maximum absolute atomic E-state index is 6.05. The van der Waals surface area contributed by atoms with E-state index in [0.29, 0.717) is 23.7 Å². The molecular formula is C51H52. The molecule has 2 unspecified atom stereocenters. The van der Waals surface area contributed by atoms with Crippen LogP contribution in [-0.4, -0.2) is 0 Å². The lowest BCUT2D eigenvalue weighted by molar-refractivity contribution is 0.252. The van der Waals surface area contributed by atoms with Gasteiger partial charge in [0, 0.05) is 11.5 Å². The highest BCUT2D eigenvalue weighted by Crippen LogP contribution is 2.44. The van der Waals surface area contributed by atoms with Gasteiger partial charge in [-0.2, -0.15) is 0 Å². The maximum Gasteiger partial charge on any atom is 0.0318 e. The van der Waals surface area contributed by atoms with Crippen LogP contribution < -0.4 is 0 Å². The van der Waals surface area contributed by atoms with E-state index in [4.69, 9.17) is 13.0 Å². The first kappa shape index (κ1) is 34.6. The zero-order valence-corrected chi connectivity index (χ0v) is 30.6. The van der Waals surface area contributed by atoms with Crippen molar-refractivity contribution in [2.45, 2.75) is 77.6 Å². The lowest BCUT2D eigenvalue weighted by Crippen LogP contribution is -2.23. The van der Waals surface area contributed by atoms with E-state index in [-0.39, 0.29) is 0 Å². The van der Waals surface area contributed by atoms with Crippen LogP contribution in [0.25, 0.3) is 22.8 Å². The van der Waals surface area contributed by atoms with E-state index in [1.165, 1.54) is 92.5 Å². The molecule has 0 aliphatic heterocycles. The number of rotatable bonds is 12. The molecule has 3 aliphatic carbocycles. The zero-order chi connectivity index (χ0) is 35.3. The smallest absolute Gasteiger partial charge is 0.0318 e. The predicted octanol–water partition coefficient (Wildman–Crippen LogP) is 13.1. The van der Waals surface area contributed by atoms with Crippen LogP contribution in [0.4, 0.5) is 0 Å². The Morgan fingerprint density at radius 2 is 1.67 bits per heavy atom. The molecule has 0 aromatic heterocycles. The van der Waals surface area contributed by atoms with E-state index in [1.807, 2.05) is 0 Å². The molecular weight excluding hydrogens is 613 g/mol. The van der Waals surface area contributed by atoms with E-state index in [0.717, 1.165) is 37.7 Å².